The number of nitrogens with one attached hydrogen (secondary N) is 1. The van der Waals surface area contributed by atoms with E-state index in [9.17, 15) is 32.7 Å². The Hall–Kier alpha value is -1.78. The van der Waals surface area contributed by atoms with Crippen LogP contribution >= 0.6 is 0 Å². The third-order valence-corrected chi connectivity index (χ3v) is 9.20. The highest BCUT2D eigenvalue weighted by Gasteiger charge is 2.52. The molecule has 9 nitrogen and oxygen atoms in total. The van der Waals surface area contributed by atoms with Crippen LogP contribution in [0, 0.1) is 27.3 Å². The van der Waals surface area contributed by atoms with Gasteiger partial charge < -0.3 is 9.29 Å². The first-order valence-corrected chi connectivity index (χ1v) is 11.8. The van der Waals surface area contributed by atoms with Crippen molar-refractivity contribution in [1.29, 1.82) is 5.26 Å². The van der Waals surface area contributed by atoms with Crippen LogP contribution in [0.25, 0.3) is 0 Å². The van der Waals surface area contributed by atoms with E-state index in [0.717, 1.165) is 18.2 Å². The van der Waals surface area contributed by atoms with E-state index >= 15 is 0 Å². The average Bonchev–Trinajstić information content (AvgIpc) is 3.11. The summed E-state index contributed by atoms with van der Waals surface area (Å²) < 4.78 is 59.1. The molecule has 30 heavy (non-hydrogen) atoms. The SMILES string of the molecule is CC(C)(C)[S@@+]([O-])N[C@@](C)(CS(=O)(=O)[C@@]1(C#N)CCOC1)c1cc([N+](=O)[O-])ccc1F. The number of nitriles is 1. The zero-order valence-electron chi connectivity index (χ0n) is 17.1. The van der Waals surface area contributed by atoms with Crippen molar-refractivity contribution in [2.24, 2.45) is 0 Å². The number of ether oxygens (including phenoxy) is 1. The number of rotatable bonds is 7. The number of hydrogen-bond donors (Lipinski definition) is 1. The number of halogens is 1. The lowest BCUT2D eigenvalue weighted by molar-refractivity contribution is -0.385. The van der Waals surface area contributed by atoms with Gasteiger partial charge in [-0.15, -0.1) is 4.72 Å². The monoisotopic (exact) mass is 461 g/mol. The zero-order chi connectivity index (χ0) is 23.0. The summed E-state index contributed by atoms with van der Waals surface area (Å²) in [6.07, 6.45) is -0.0539. The molecule has 1 saturated heterocycles. The molecule has 1 aromatic rings. The van der Waals surface area contributed by atoms with Crippen LogP contribution in [0.1, 0.15) is 39.7 Å². The van der Waals surface area contributed by atoms with Gasteiger partial charge in [-0.1, -0.05) is 0 Å². The van der Waals surface area contributed by atoms with Gasteiger partial charge in [-0.25, -0.2) is 12.8 Å². The summed E-state index contributed by atoms with van der Waals surface area (Å²) in [5, 5.41) is 20.7. The Morgan fingerprint density at radius 2 is 2.03 bits per heavy atom. The molecule has 0 spiro atoms. The molecular formula is C18H24FN3O6S2. The second-order valence-electron chi connectivity index (χ2n) is 8.40. The Balaban J connectivity index is 2.62. The van der Waals surface area contributed by atoms with Crippen LogP contribution in [-0.4, -0.2) is 46.4 Å². The molecule has 0 bridgehead atoms. The number of benzene rings is 1. The fraction of sp³-hybridized carbons (Fsp3) is 0.611. The van der Waals surface area contributed by atoms with Crippen LogP contribution in [0.5, 0.6) is 0 Å². The van der Waals surface area contributed by atoms with E-state index < -0.39 is 58.4 Å². The molecular weight excluding hydrogens is 437 g/mol. The molecule has 0 unspecified atom stereocenters. The molecule has 0 saturated carbocycles. The van der Waals surface area contributed by atoms with Crippen molar-refractivity contribution in [2.75, 3.05) is 19.0 Å². The Morgan fingerprint density at radius 1 is 1.40 bits per heavy atom. The van der Waals surface area contributed by atoms with E-state index in [0.29, 0.717) is 0 Å². The first-order chi connectivity index (χ1) is 13.7. The van der Waals surface area contributed by atoms with Crippen molar-refractivity contribution in [3.8, 4) is 6.07 Å². The number of nitrogens with zero attached hydrogens (tertiary/aromatic N) is 2. The molecule has 2 rings (SSSR count). The highest BCUT2D eigenvalue weighted by molar-refractivity contribution is 7.93. The molecule has 0 radical (unpaired) electrons. The first kappa shape index (κ1) is 24.5. The Labute approximate surface area is 178 Å². The van der Waals surface area contributed by atoms with Crippen LogP contribution in [0.4, 0.5) is 10.1 Å². The third kappa shape index (κ3) is 4.76. The molecule has 1 aliphatic heterocycles. The number of nitro groups is 1. The summed E-state index contributed by atoms with van der Waals surface area (Å²) >= 11 is -1.85. The van der Waals surface area contributed by atoms with Crippen LogP contribution in [0.2, 0.25) is 0 Å². The van der Waals surface area contributed by atoms with Gasteiger partial charge in [-0.05, 0) is 33.8 Å². The maximum absolute atomic E-state index is 14.8. The van der Waals surface area contributed by atoms with E-state index in [1.807, 2.05) is 0 Å². The predicted octanol–water partition coefficient (Wildman–Crippen LogP) is 2.10. The topological polar surface area (TPSA) is 145 Å². The highest BCUT2D eigenvalue weighted by Crippen LogP contribution is 2.36. The molecule has 1 fully saturated rings. The number of nitro benzene ring substituents is 1. The average molecular weight is 462 g/mol. The van der Waals surface area contributed by atoms with Gasteiger partial charge in [-0.3, -0.25) is 10.1 Å². The number of sulfone groups is 1. The van der Waals surface area contributed by atoms with Gasteiger partial charge in [0, 0.05) is 42.1 Å². The molecule has 1 N–H and O–H groups in total. The minimum Gasteiger partial charge on any atom is -0.598 e. The molecule has 0 aliphatic carbocycles. The summed E-state index contributed by atoms with van der Waals surface area (Å²) in [6.45, 7) is 5.96. The maximum atomic E-state index is 14.8. The van der Waals surface area contributed by atoms with Crippen molar-refractivity contribution < 1.29 is 27.0 Å². The van der Waals surface area contributed by atoms with E-state index in [-0.39, 0.29) is 25.2 Å². The smallest absolute Gasteiger partial charge is 0.269 e. The number of non-ortho nitro benzene ring substituents is 1. The Bertz CT molecular complexity index is 967. The number of hydrogen-bond acceptors (Lipinski definition) is 8. The standard InChI is InChI=1S/C18H24FN3O6S2/c1-16(2,3)29(25)21-17(4,14-9-13(22(23)24)5-6-15(14)19)12-30(26,27)18(10-20)7-8-28-11-18/h5-6,9,21H,7-8,11-12H2,1-4H3/t17-,18+,29+/m0/s1. The summed E-state index contributed by atoms with van der Waals surface area (Å²) in [5.74, 6) is -1.71. The lowest BCUT2D eigenvalue weighted by Gasteiger charge is -2.36. The van der Waals surface area contributed by atoms with Gasteiger partial charge >= 0.3 is 0 Å². The van der Waals surface area contributed by atoms with Crippen molar-refractivity contribution in [3.63, 3.8) is 0 Å². The zero-order valence-corrected chi connectivity index (χ0v) is 18.7. The minimum atomic E-state index is -4.24. The largest absolute Gasteiger partial charge is 0.598 e. The molecule has 3 atom stereocenters. The van der Waals surface area contributed by atoms with Gasteiger partial charge in [0.15, 0.2) is 14.6 Å². The van der Waals surface area contributed by atoms with Gasteiger partial charge in [0.2, 0.25) is 0 Å². The predicted molar refractivity (Wildman–Crippen MR) is 109 cm³/mol. The fourth-order valence-corrected chi connectivity index (χ4v) is 6.09. The van der Waals surface area contributed by atoms with Crippen LogP contribution in [-0.2, 0) is 31.5 Å². The summed E-state index contributed by atoms with van der Waals surface area (Å²) in [7, 11) is -4.24. The third-order valence-electron chi connectivity index (χ3n) is 4.89. The first-order valence-electron chi connectivity index (χ1n) is 9.03. The Kier molecular flexibility index (Phi) is 6.85. The minimum absolute atomic E-state index is 0.0539. The lowest BCUT2D eigenvalue weighted by Crippen LogP contribution is -2.56. The maximum Gasteiger partial charge on any atom is 0.269 e. The molecule has 0 amide bonds. The normalized spacial score (nSPS) is 22.8. The van der Waals surface area contributed by atoms with Gasteiger partial charge in [0.25, 0.3) is 5.69 Å². The van der Waals surface area contributed by atoms with E-state index in [2.05, 4.69) is 4.72 Å². The molecule has 166 valence electrons. The quantitative estimate of drug-likeness (QED) is 0.369. The fourth-order valence-electron chi connectivity index (χ4n) is 3.04. The molecule has 1 aliphatic rings. The molecule has 1 heterocycles. The van der Waals surface area contributed by atoms with Crippen LogP contribution < -0.4 is 4.72 Å². The van der Waals surface area contributed by atoms with Crippen LogP contribution in [0.3, 0.4) is 0 Å². The summed E-state index contributed by atoms with van der Waals surface area (Å²) in [5.41, 5.74) is -2.60. The van der Waals surface area contributed by atoms with Crippen molar-refractivity contribution >= 4 is 26.9 Å². The summed E-state index contributed by atoms with van der Waals surface area (Å²) in [4.78, 5) is 10.5. The highest BCUT2D eigenvalue weighted by atomic mass is 32.2. The summed E-state index contributed by atoms with van der Waals surface area (Å²) in [6, 6.07) is 4.53. The lowest BCUT2D eigenvalue weighted by atomic mass is 9.94. The van der Waals surface area contributed by atoms with E-state index in [1.165, 1.54) is 6.92 Å². The van der Waals surface area contributed by atoms with Crippen molar-refractivity contribution in [2.45, 2.75) is 49.1 Å². The van der Waals surface area contributed by atoms with Crippen LogP contribution in [0.15, 0.2) is 18.2 Å². The van der Waals surface area contributed by atoms with Gasteiger partial charge in [0.1, 0.15) is 16.1 Å². The van der Waals surface area contributed by atoms with E-state index in [1.54, 1.807) is 26.8 Å². The van der Waals surface area contributed by atoms with Gasteiger partial charge in [-0.2, -0.15) is 5.26 Å². The second kappa shape index (κ2) is 8.39. The molecule has 12 heteroatoms. The molecule has 1 aromatic carbocycles. The van der Waals surface area contributed by atoms with Crippen molar-refractivity contribution in [1.82, 2.24) is 4.72 Å². The van der Waals surface area contributed by atoms with Gasteiger partial charge in [0.05, 0.1) is 23.4 Å². The van der Waals surface area contributed by atoms with E-state index in [4.69, 9.17) is 4.74 Å². The van der Waals surface area contributed by atoms with Crippen molar-refractivity contribution in [3.05, 3.63) is 39.7 Å². The second-order valence-corrected chi connectivity index (χ2v) is 12.7. The molecule has 0 aromatic heterocycles. The Morgan fingerprint density at radius 3 is 2.50 bits per heavy atom.